The average molecular weight is 254 g/mol. The lowest BCUT2D eigenvalue weighted by Crippen LogP contribution is -2.10. The fourth-order valence-electron chi connectivity index (χ4n) is 1.38. The van der Waals surface area contributed by atoms with Crippen molar-refractivity contribution in [2.45, 2.75) is 40.0 Å². The number of hydrogen-bond donors (Lipinski definition) is 0. The molecule has 0 fully saturated rings. The standard InChI is InChI=1S/C14H22O2S/c1-14(2,3)8-10-16-9-4-6-12(15)13-7-5-11-17-13/h5,7,11H,4,6,8-10H2,1-3H3. The van der Waals surface area contributed by atoms with Crippen LogP contribution in [-0.4, -0.2) is 19.0 Å². The van der Waals surface area contributed by atoms with Gasteiger partial charge in [0, 0.05) is 19.6 Å². The first-order chi connectivity index (χ1) is 7.99. The summed E-state index contributed by atoms with van der Waals surface area (Å²) in [5.74, 6) is 0.236. The molecule has 1 aromatic heterocycles. The number of hydrogen-bond acceptors (Lipinski definition) is 3. The molecule has 0 aliphatic rings. The van der Waals surface area contributed by atoms with Crippen molar-refractivity contribution in [1.82, 2.24) is 0 Å². The first-order valence-corrected chi connectivity index (χ1v) is 7.01. The van der Waals surface area contributed by atoms with E-state index in [-0.39, 0.29) is 5.78 Å². The summed E-state index contributed by atoms with van der Waals surface area (Å²) in [5, 5.41) is 1.94. The van der Waals surface area contributed by atoms with E-state index in [0.29, 0.717) is 18.4 Å². The minimum absolute atomic E-state index is 0.236. The van der Waals surface area contributed by atoms with Crippen LogP contribution in [0.25, 0.3) is 0 Å². The molecule has 0 aliphatic heterocycles. The molecule has 0 atom stereocenters. The maximum absolute atomic E-state index is 11.7. The van der Waals surface area contributed by atoms with E-state index >= 15 is 0 Å². The van der Waals surface area contributed by atoms with Gasteiger partial charge in [0.2, 0.25) is 0 Å². The van der Waals surface area contributed by atoms with Crippen LogP contribution in [0.15, 0.2) is 17.5 Å². The van der Waals surface area contributed by atoms with Gasteiger partial charge >= 0.3 is 0 Å². The maximum atomic E-state index is 11.7. The fraction of sp³-hybridized carbons (Fsp3) is 0.643. The second-order valence-corrected chi connectivity index (χ2v) is 6.37. The first-order valence-electron chi connectivity index (χ1n) is 6.13. The summed E-state index contributed by atoms with van der Waals surface area (Å²) in [4.78, 5) is 12.5. The van der Waals surface area contributed by atoms with Crippen molar-refractivity contribution in [1.29, 1.82) is 0 Å². The van der Waals surface area contributed by atoms with Gasteiger partial charge in [-0.3, -0.25) is 4.79 Å². The lowest BCUT2D eigenvalue weighted by atomic mass is 9.93. The summed E-state index contributed by atoms with van der Waals surface area (Å²) in [6.45, 7) is 8.09. The van der Waals surface area contributed by atoms with Crippen LogP contribution in [0.4, 0.5) is 0 Å². The SMILES string of the molecule is CC(C)(C)CCOCCCC(=O)c1cccs1. The summed E-state index contributed by atoms with van der Waals surface area (Å²) in [7, 11) is 0. The van der Waals surface area contributed by atoms with Crippen LogP contribution in [0.1, 0.15) is 49.7 Å². The van der Waals surface area contributed by atoms with Crippen molar-refractivity contribution < 1.29 is 9.53 Å². The van der Waals surface area contributed by atoms with E-state index in [0.717, 1.165) is 24.3 Å². The smallest absolute Gasteiger partial charge is 0.172 e. The molecular formula is C14H22O2S. The first kappa shape index (κ1) is 14.4. The third-order valence-electron chi connectivity index (χ3n) is 2.48. The lowest BCUT2D eigenvalue weighted by Gasteiger charge is -2.17. The molecule has 96 valence electrons. The second-order valence-electron chi connectivity index (χ2n) is 5.43. The van der Waals surface area contributed by atoms with E-state index in [1.807, 2.05) is 17.5 Å². The molecule has 0 amide bonds. The Hall–Kier alpha value is -0.670. The number of carbonyl (C=O) groups is 1. The fourth-order valence-corrected chi connectivity index (χ4v) is 2.07. The molecule has 1 aromatic rings. The Balaban J connectivity index is 2.03. The zero-order valence-corrected chi connectivity index (χ0v) is 11.8. The molecule has 0 aromatic carbocycles. The van der Waals surface area contributed by atoms with Gasteiger partial charge in [0.1, 0.15) is 0 Å². The van der Waals surface area contributed by atoms with E-state index in [4.69, 9.17) is 4.74 Å². The predicted molar refractivity (Wildman–Crippen MR) is 72.8 cm³/mol. The average Bonchev–Trinajstić information content (AvgIpc) is 2.74. The monoisotopic (exact) mass is 254 g/mol. The summed E-state index contributed by atoms with van der Waals surface area (Å²) in [5.41, 5.74) is 0.326. The van der Waals surface area contributed by atoms with E-state index < -0.39 is 0 Å². The van der Waals surface area contributed by atoms with Crippen LogP contribution in [-0.2, 0) is 4.74 Å². The molecule has 0 N–H and O–H groups in total. The van der Waals surface area contributed by atoms with Gasteiger partial charge in [-0.25, -0.2) is 0 Å². The molecule has 0 bridgehead atoms. The highest BCUT2D eigenvalue weighted by molar-refractivity contribution is 7.12. The van der Waals surface area contributed by atoms with Crippen molar-refractivity contribution in [2.75, 3.05) is 13.2 Å². The van der Waals surface area contributed by atoms with E-state index in [9.17, 15) is 4.79 Å². The zero-order valence-electron chi connectivity index (χ0n) is 11.0. The molecule has 0 unspecified atom stereocenters. The quantitative estimate of drug-likeness (QED) is 0.539. The molecule has 0 saturated heterocycles. The maximum Gasteiger partial charge on any atom is 0.172 e. The Labute approximate surface area is 108 Å². The molecule has 0 aliphatic carbocycles. The van der Waals surface area contributed by atoms with E-state index in [1.165, 1.54) is 11.3 Å². The normalized spacial score (nSPS) is 11.7. The van der Waals surface area contributed by atoms with Crippen LogP contribution in [0.2, 0.25) is 0 Å². The Morgan fingerprint density at radius 1 is 1.35 bits per heavy atom. The minimum Gasteiger partial charge on any atom is -0.381 e. The Bertz CT molecular complexity index is 322. The molecule has 17 heavy (non-hydrogen) atoms. The van der Waals surface area contributed by atoms with Crippen molar-refractivity contribution in [3.05, 3.63) is 22.4 Å². The van der Waals surface area contributed by atoms with Gasteiger partial charge in [-0.15, -0.1) is 11.3 Å². The molecule has 3 heteroatoms. The predicted octanol–water partition coefficient (Wildman–Crippen LogP) is 4.16. The molecule has 0 spiro atoms. The van der Waals surface area contributed by atoms with Gasteiger partial charge in [0.25, 0.3) is 0 Å². The van der Waals surface area contributed by atoms with Gasteiger partial charge in [-0.05, 0) is 29.7 Å². The van der Waals surface area contributed by atoms with Crippen LogP contribution in [0.3, 0.4) is 0 Å². The number of ether oxygens (including phenoxy) is 1. The lowest BCUT2D eigenvalue weighted by molar-refractivity contribution is 0.0898. The Morgan fingerprint density at radius 3 is 2.71 bits per heavy atom. The molecule has 1 heterocycles. The van der Waals surface area contributed by atoms with Gasteiger partial charge in [-0.2, -0.15) is 0 Å². The van der Waals surface area contributed by atoms with E-state index in [1.54, 1.807) is 0 Å². The number of carbonyl (C=O) groups excluding carboxylic acids is 1. The summed E-state index contributed by atoms with van der Waals surface area (Å²) < 4.78 is 5.53. The number of rotatable bonds is 7. The van der Waals surface area contributed by atoms with Gasteiger partial charge < -0.3 is 4.74 Å². The van der Waals surface area contributed by atoms with Crippen LogP contribution >= 0.6 is 11.3 Å². The molecule has 0 saturated carbocycles. The molecule has 0 radical (unpaired) electrons. The number of thiophene rings is 1. The van der Waals surface area contributed by atoms with Crippen LogP contribution < -0.4 is 0 Å². The third kappa shape index (κ3) is 6.59. The Morgan fingerprint density at radius 2 is 2.12 bits per heavy atom. The number of ketones is 1. The van der Waals surface area contributed by atoms with E-state index in [2.05, 4.69) is 20.8 Å². The highest BCUT2D eigenvalue weighted by atomic mass is 32.1. The van der Waals surface area contributed by atoms with Crippen molar-refractivity contribution in [3.8, 4) is 0 Å². The molecule has 2 nitrogen and oxygen atoms in total. The summed E-state index contributed by atoms with van der Waals surface area (Å²) in [6, 6.07) is 3.80. The van der Waals surface area contributed by atoms with Gasteiger partial charge in [0.15, 0.2) is 5.78 Å². The highest BCUT2D eigenvalue weighted by Crippen LogP contribution is 2.18. The van der Waals surface area contributed by atoms with Crippen molar-refractivity contribution in [3.63, 3.8) is 0 Å². The Kier molecular flexibility index (Phi) is 5.86. The molecule has 1 rings (SSSR count). The highest BCUT2D eigenvalue weighted by Gasteiger charge is 2.09. The van der Waals surface area contributed by atoms with Gasteiger partial charge in [-0.1, -0.05) is 26.8 Å². The largest absolute Gasteiger partial charge is 0.381 e. The van der Waals surface area contributed by atoms with Crippen LogP contribution in [0, 0.1) is 5.41 Å². The van der Waals surface area contributed by atoms with Gasteiger partial charge in [0.05, 0.1) is 4.88 Å². The van der Waals surface area contributed by atoms with Crippen molar-refractivity contribution >= 4 is 17.1 Å². The second kappa shape index (κ2) is 6.92. The van der Waals surface area contributed by atoms with Crippen molar-refractivity contribution in [2.24, 2.45) is 5.41 Å². The topological polar surface area (TPSA) is 26.3 Å². The zero-order chi connectivity index (χ0) is 12.7. The third-order valence-corrected chi connectivity index (χ3v) is 3.40. The number of Topliss-reactive ketones (excluding diaryl/α,β-unsaturated/α-hetero) is 1. The molecular weight excluding hydrogens is 232 g/mol. The van der Waals surface area contributed by atoms with Crippen LogP contribution in [0.5, 0.6) is 0 Å². The minimum atomic E-state index is 0.236. The summed E-state index contributed by atoms with van der Waals surface area (Å²) >= 11 is 1.51. The summed E-state index contributed by atoms with van der Waals surface area (Å²) in [6.07, 6.45) is 2.47.